The Bertz CT molecular complexity index is 391. The van der Waals surface area contributed by atoms with Crippen molar-refractivity contribution in [2.45, 2.75) is 26.7 Å². The molecule has 0 aliphatic heterocycles. The van der Waals surface area contributed by atoms with Crippen LogP contribution in [0.2, 0.25) is 0 Å². The molecule has 1 aromatic rings. The third-order valence-corrected chi connectivity index (χ3v) is 2.84. The Labute approximate surface area is 100 Å². The summed E-state index contributed by atoms with van der Waals surface area (Å²) in [6.07, 6.45) is 2.98. The van der Waals surface area contributed by atoms with Crippen molar-refractivity contribution in [2.24, 2.45) is 5.92 Å². The number of amides is 1. The number of nitrogens with two attached hydrogens (primary N) is 1. The van der Waals surface area contributed by atoms with E-state index in [4.69, 9.17) is 5.73 Å². The lowest BCUT2D eigenvalue weighted by Gasteiger charge is -2.13. The molecule has 0 bridgehead atoms. The molecule has 0 aromatic carbocycles. The SMILES string of the molecule is CCC(CC)CNC(=O)c1cc(F)cnc1N. The highest BCUT2D eigenvalue weighted by Crippen LogP contribution is 2.11. The molecular weight excluding hydrogens is 221 g/mol. The molecule has 4 nitrogen and oxygen atoms in total. The first kappa shape index (κ1) is 13.4. The van der Waals surface area contributed by atoms with Crippen molar-refractivity contribution in [3.05, 3.63) is 23.6 Å². The fourth-order valence-corrected chi connectivity index (χ4v) is 1.54. The molecule has 0 unspecified atom stereocenters. The van der Waals surface area contributed by atoms with E-state index in [9.17, 15) is 9.18 Å². The number of nitrogens with one attached hydrogen (secondary N) is 1. The number of nitrogen functional groups attached to an aromatic ring is 1. The first-order chi connectivity index (χ1) is 8.08. The summed E-state index contributed by atoms with van der Waals surface area (Å²) in [4.78, 5) is 15.4. The van der Waals surface area contributed by atoms with E-state index in [1.54, 1.807) is 0 Å². The molecule has 5 heteroatoms. The Morgan fingerprint density at radius 3 is 2.76 bits per heavy atom. The molecule has 0 spiro atoms. The first-order valence-electron chi connectivity index (χ1n) is 5.77. The van der Waals surface area contributed by atoms with E-state index in [-0.39, 0.29) is 17.3 Å². The zero-order valence-electron chi connectivity index (χ0n) is 10.2. The second-order valence-electron chi connectivity index (χ2n) is 3.98. The molecule has 1 amide bonds. The second kappa shape index (κ2) is 6.18. The van der Waals surface area contributed by atoms with Gasteiger partial charge in [-0.05, 0) is 12.0 Å². The minimum absolute atomic E-state index is 0.0495. The summed E-state index contributed by atoms with van der Waals surface area (Å²) in [7, 11) is 0. The van der Waals surface area contributed by atoms with E-state index in [0.29, 0.717) is 12.5 Å². The number of aromatic nitrogens is 1. The predicted molar refractivity (Wildman–Crippen MR) is 65.0 cm³/mol. The summed E-state index contributed by atoms with van der Waals surface area (Å²) in [5.74, 6) is -0.455. The number of rotatable bonds is 5. The van der Waals surface area contributed by atoms with Gasteiger partial charge in [-0.3, -0.25) is 4.79 Å². The highest BCUT2D eigenvalue weighted by atomic mass is 19.1. The Morgan fingerprint density at radius 1 is 1.53 bits per heavy atom. The summed E-state index contributed by atoms with van der Waals surface area (Å²) >= 11 is 0. The van der Waals surface area contributed by atoms with Crippen LogP contribution >= 0.6 is 0 Å². The van der Waals surface area contributed by atoms with Crippen molar-refractivity contribution in [3.63, 3.8) is 0 Å². The lowest BCUT2D eigenvalue weighted by molar-refractivity contribution is 0.0946. The van der Waals surface area contributed by atoms with Gasteiger partial charge in [0.25, 0.3) is 5.91 Å². The number of halogens is 1. The maximum atomic E-state index is 12.9. The molecule has 1 aromatic heterocycles. The van der Waals surface area contributed by atoms with Crippen molar-refractivity contribution in [3.8, 4) is 0 Å². The van der Waals surface area contributed by atoms with E-state index in [0.717, 1.165) is 25.1 Å². The molecule has 0 radical (unpaired) electrons. The number of hydrogen-bond donors (Lipinski definition) is 2. The summed E-state index contributed by atoms with van der Waals surface area (Å²) in [6.45, 7) is 4.71. The van der Waals surface area contributed by atoms with E-state index >= 15 is 0 Å². The third kappa shape index (κ3) is 3.69. The van der Waals surface area contributed by atoms with Crippen molar-refractivity contribution < 1.29 is 9.18 Å². The summed E-state index contributed by atoms with van der Waals surface area (Å²) in [5.41, 5.74) is 5.62. The average molecular weight is 239 g/mol. The second-order valence-corrected chi connectivity index (χ2v) is 3.98. The van der Waals surface area contributed by atoms with Crippen molar-refractivity contribution in [1.29, 1.82) is 0 Å². The van der Waals surface area contributed by atoms with Crippen LogP contribution in [-0.4, -0.2) is 17.4 Å². The van der Waals surface area contributed by atoms with E-state index < -0.39 is 5.82 Å². The molecule has 17 heavy (non-hydrogen) atoms. The van der Waals surface area contributed by atoms with Crippen molar-refractivity contribution in [2.75, 3.05) is 12.3 Å². The van der Waals surface area contributed by atoms with Gasteiger partial charge in [-0.2, -0.15) is 0 Å². The zero-order valence-corrected chi connectivity index (χ0v) is 10.2. The molecule has 94 valence electrons. The van der Waals surface area contributed by atoms with Gasteiger partial charge < -0.3 is 11.1 Å². The number of carbonyl (C=O) groups excluding carboxylic acids is 1. The maximum Gasteiger partial charge on any atom is 0.255 e. The van der Waals surface area contributed by atoms with Gasteiger partial charge in [0, 0.05) is 6.54 Å². The van der Waals surface area contributed by atoms with Crippen LogP contribution in [0.25, 0.3) is 0 Å². The summed E-state index contributed by atoms with van der Waals surface area (Å²) in [6, 6.07) is 1.10. The Kier molecular flexibility index (Phi) is 4.87. The molecule has 1 rings (SSSR count). The molecule has 0 atom stereocenters. The van der Waals surface area contributed by atoms with Gasteiger partial charge in [0.2, 0.25) is 0 Å². The molecule has 0 aliphatic carbocycles. The average Bonchev–Trinajstić information content (AvgIpc) is 2.33. The number of hydrogen-bond acceptors (Lipinski definition) is 3. The fourth-order valence-electron chi connectivity index (χ4n) is 1.54. The van der Waals surface area contributed by atoms with Crippen molar-refractivity contribution in [1.82, 2.24) is 10.3 Å². The maximum absolute atomic E-state index is 12.9. The molecule has 0 saturated heterocycles. The van der Waals surface area contributed by atoms with Crippen LogP contribution in [-0.2, 0) is 0 Å². The van der Waals surface area contributed by atoms with E-state index in [1.165, 1.54) is 0 Å². The number of anilines is 1. The number of pyridine rings is 1. The van der Waals surface area contributed by atoms with Gasteiger partial charge in [-0.25, -0.2) is 9.37 Å². The Balaban J connectivity index is 2.66. The van der Waals surface area contributed by atoms with Crippen LogP contribution in [0.3, 0.4) is 0 Å². The van der Waals surface area contributed by atoms with Crippen LogP contribution in [0.4, 0.5) is 10.2 Å². The summed E-state index contributed by atoms with van der Waals surface area (Å²) in [5, 5.41) is 2.74. The van der Waals surface area contributed by atoms with Crippen molar-refractivity contribution >= 4 is 11.7 Å². The van der Waals surface area contributed by atoms with Gasteiger partial charge >= 0.3 is 0 Å². The van der Waals surface area contributed by atoms with Crippen LogP contribution in [0, 0.1) is 11.7 Å². The van der Waals surface area contributed by atoms with Gasteiger partial charge in [-0.15, -0.1) is 0 Å². The van der Waals surface area contributed by atoms with Gasteiger partial charge in [0.1, 0.15) is 11.6 Å². The lowest BCUT2D eigenvalue weighted by Crippen LogP contribution is -2.29. The lowest BCUT2D eigenvalue weighted by atomic mass is 10.0. The van der Waals surface area contributed by atoms with Gasteiger partial charge in [0.15, 0.2) is 0 Å². The molecule has 0 fully saturated rings. The van der Waals surface area contributed by atoms with Crippen LogP contribution < -0.4 is 11.1 Å². The highest BCUT2D eigenvalue weighted by Gasteiger charge is 2.13. The number of carbonyl (C=O) groups is 1. The van der Waals surface area contributed by atoms with Crippen LogP contribution in [0.15, 0.2) is 12.3 Å². The Morgan fingerprint density at radius 2 is 2.18 bits per heavy atom. The van der Waals surface area contributed by atoms with Crippen LogP contribution in [0.1, 0.15) is 37.0 Å². The van der Waals surface area contributed by atoms with E-state index in [2.05, 4.69) is 24.1 Å². The number of nitrogens with zero attached hydrogens (tertiary/aromatic N) is 1. The standard InChI is InChI=1S/C12H18FN3O/c1-3-8(4-2)6-16-12(17)10-5-9(13)7-15-11(10)14/h5,7-8H,3-4,6H2,1-2H3,(H2,14,15)(H,16,17). The first-order valence-corrected chi connectivity index (χ1v) is 5.77. The minimum atomic E-state index is -0.563. The van der Waals surface area contributed by atoms with Gasteiger partial charge in [0.05, 0.1) is 11.8 Å². The smallest absolute Gasteiger partial charge is 0.255 e. The van der Waals surface area contributed by atoms with E-state index in [1.807, 2.05) is 0 Å². The Hall–Kier alpha value is -1.65. The monoisotopic (exact) mass is 239 g/mol. The zero-order chi connectivity index (χ0) is 12.8. The largest absolute Gasteiger partial charge is 0.383 e. The normalized spacial score (nSPS) is 10.6. The topological polar surface area (TPSA) is 68.0 Å². The van der Waals surface area contributed by atoms with Crippen LogP contribution in [0.5, 0.6) is 0 Å². The quantitative estimate of drug-likeness (QED) is 0.825. The summed E-state index contributed by atoms with van der Waals surface area (Å²) < 4.78 is 12.9. The highest BCUT2D eigenvalue weighted by molar-refractivity contribution is 5.98. The molecule has 3 N–H and O–H groups in total. The molecule has 1 heterocycles. The predicted octanol–water partition coefficient (Wildman–Crippen LogP) is 1.97. The van der Waals surface area contributed by atoms with Gasteiger partial charge in [-0.1, -0.05) is 26.7 Å². The third-order valence-electron chi connectivity index (χ3n) is 2.84. The molecule has 0 aliphatic rings. The molecular formula is C12H18FN3O. The fraction of sp³-hybridized carbons (Fsp3) is 0.500. The molecule has 0 saturated carbocycles. The minimum Gasteiger partial charge on any atom is -0.383 e.